The van der Waals surface area contributed by atoms with Gasteiger partial charge in [0, 0.05) is 5.56 Å². The SMILES string of the molecule is CC(=O)c1cc(F)c(C)cc1C. The number of rotatable bonds is 1. The molecule has 0 heterocycles. The fourth-order valence-corrected chi connectivity index (χ4v) is 1.21. The van der Waals surface area contributed by atoms with Crippen molar-refractivity contribution in [3.05, 3.63) is 34.6 Å². The van der Waals surface area contributed by atoms with Crippen molar-refractivity contribution in [1.29, 1.82) is 0 Å². The molecule has 12 heavy (non-hydrogen) atoms. The first-order valence-electron chi connectivity index (χ1n) is 3.80. The van der Waals surface area contributed by atoms with E-state index >= 15 is 0 Å². The smallest absolute Gasteiger partial charge is 0.160 e. The summed E-state index contributed by atoms with van der Waals surface area (Å²) in [5.74, 6) is -0.405. The van der Waals surface area contributed by atoms with E-state index in [0.29, 0.717) is 11.1 Å². The minimum atomic E-state index is -0.314. The third-order valence-corrected chi connectivity index (χ3v) is 1.88. The van der Waals surface area contributed by atoms with Crippen molar-refractivity contribution < 1.29 is 9.18 Å². The summed E-state index contributed by atoms with van der Waals surface area (Å²) in [6, 6.07) is 2.99. The molecule has 0 aliphatic rings. The van der Waals surface area contributed by atoms with Crippen LogP contribution in [0.15, 0.2) is 12.1 Å². The van der Waals surface area contributed by atoms with Crippen LogP contribution in [-0.2, 0) is 0 Å². The van der Waals surface area contributed by atoms with E-state index < -0.39 is 0 Å². The molecule has 0 spiro atoms. The van der Waals surface area contributed by atoms with Gasteiger partial charge in [0.15, 0.2) is 5.78 Å². The zero-order chi connectivity index (χ0) is 9.30. The molecule has 64 valence electrons. The van der Waals surface area contributed by atoms with E-state index in [4.69, 9.17) is 0 Å². The third kappa shape index (κ3) is 1.52. The van der Waals surface area contributed by atoms with Crippen LogP contribution in [0.1, 0.15) is 28.4 Å². The van der Waals surface area contributed by atoms with E-state index in [1.165, 1.54) is 13.0 Å². The Hall–Kier alpha value is -1.18. The van der Waals surface area contributed by atoms with Gasteiger partial charge in [-0.2, -0.15) is 0 Å². The number of benzene rings is 1. The van der Waals surface area contributed by atoms with Crippen molar-refractivity contribution in [3.63, 3.8) is 0 Å². The van der Waals surface area contributed by atoms with Gasteiger partial charge in [-0.15, -0.1) is 0 Å². The number of halogens is 1. The molecule has 0 amide bonds. The predicted molar refractivity (Wildman–Crippen MR) is 45.9 cm³/mol. The van der Waals surface area contributed by atoms with Crippen LogP contribution in [0, 0.1) is 19.7 Å². The Kier molecular flexibility index (Phi) is 2.27. The number of hydrogen-bond acceptors (Lipinski definition) is 1. The lowest BCUT2D eigenvalue weighted by Gasteiger charge is -2.03. The molecule has 1 nitrogen and oxygen atoms in total. The van der Waals surface area contributed by atoms with Crippen LogP contribution in [0.5, 0.6) is 0 Å². The molecule has 0 radical (unpaired) electrons. The first-order chi connectivity index (χ1) is 5.52. The van der Waals surface area contributed by atoms with Crippen molar-refractivity contribution in [2.24, 2.45) is 0 Å². The largest absolute Gasteiger partial charge is 0.294 e. The zero-order valence-corrected chi connectivity index (χ0v) is 7.44. The van der Waals surface area contributed by atoms with Crippen LogP contribution >= 0.6 is 0 Å². The van der Waals surface area contributed by atoms with Crippen LogP contribution in [0.25, 0.3) is 0 Å². The third-order valence-electron chi connectivity index (χ3n) is 1.88. The molecular formula is C10H11FO. The molecule has 1 aromatic carbocycles. The molecule has 0 N–H and O–H groups in total. The van der Waals surface area contributed by atoms with E-state index in [0.717, 1.165) is 5.56 Å². The van der Waals surface area contributed by atoms with Crippen LogP contribution in [0.4, 0.5) is 4.39 Å². The van der Waals surface area contributed by atoms with E-state index in [-0.39, 0.29) is 11.6 Å². The highest BCUT2D eigenvalue weighted by Crippen LogP contribution is 2.14. The van der Waals surface area contributed by atoms with Gasteiger partial charge < -0.3 is 0 Å². The van der Waals surface area contributed by atoms with Gasteiger partial charge in [-0.3, -0.25) is 4.79 Å². The summed E-state index contributed by atoms with van der Waals surface area (Å²) in [6.45, 7) is 4.94. The second-order valence-corrected chi connectivity index (χ2v) is 2.97. The van der Waals surface area contributed by atoms with E-state index in [9.17, 15) is 9.18 Å². The first-order valence-corrected chi connectivity index (χ1v) is 3.80. The maximum atomic E-state index is 13.0. The Balaban J connectivity index is 3.33. The summed E-state index contributed by atoms with van der Waals surface area (Å²) in [6.07, 6.45) is 0. The molecule has 0 aromatic heterocycles. The summed E-state index contributed by atoms with van der Waals surface area (Å²) in [4.78, 5) is 11.0. The quantitative estimate of drug-likeness (QED) is 0.586. The second-order valence-electron chi connectivity index (χ2n) is 2.97. The van der Waals surface area contributed by atoms with E-state index in [1.807, 2.05) is 6.92 Å². The highest BCUT2D eigenvalue weighted by Gasteiger charge is 2.07. The number of carbonyl (C=O) groups is 1. The van der Waals surface area contributed by atoms with Crippen molar-refractivity contribution in [2.75, 3.05) is 0 Å². The Morgan fingerprint density at radius 2 is 1.83 bits per heavy atom. The molecule has 0 atom stereocenters. The Bertz CT molecular complexity index is 329. The lowest BCUT2D eigenvalue weighted by molar-refractivity contribution is 0.101. The lowest BCUT2D eigenvalue weighted by Crippen LogP contribution is -1.98. The van der Waals surface area contributed by atoms with Gasteiger partial charge in [0.1, 0.15) is 5.82 Å². The van der Waals surface area contributed by atoms with Gasteiger partial charge in [0.25, 0.3) is 0 Å². The molecule has 0 saturated heterocycles. The fourth-order valence-electron chi connectivity index (χ4n) is 1.21. The molecule has 1 rings (SSSR count). The molecule has 0 aliphatic carbocycles. The molecule has 0 fully saturated rings. The van der Waals surface area contributed by atoms with Crippen molar-refractivity contribution in [3.8, 4) is 0 Å². The summed E-state index contributed by atoms with van der Waals surface area (Å²) in [5, 5.41) is 0. The monoisotopic (exact) mass is 166 g/mol. The minimum absolute atomic E-state index is 0.0913. The van der Waals surface area contributed by atoms with Gasteiger partial charge in [0.05, 0.1) is 0 Å². The maximum absolute atomic E-state index is 13.0. The molecule has 0 saturated carbocycles. The van der Waals surface area contributed by atoms with Gasteiger partial charge in [-0.05, 0) is 38.0 Å². The standard InChI is InChI=1S/C10H11FO/c1-6-4-7(2)10(11)5-9(6)8(3)12/h4-5H,1-3H3. The van der Waals surface area contributed by atoms with Gasteiger partial charge in [-0.25, -0.2) is 4.39 Å². The van der Waals surface area contributed by atoms with Crippen LogP contribution in [0.3, 0.4) is 0 Å². The van der Waals surface area contributed by atoms with Gasteiger partial charge >= 0.3 is 0 Å². The number of hydrogen-bond donors (Lipinski definition) is 0. The molecule has 1 aromatic rings. The molecule has 0 bridgehead atoms. The van der Waals surface area contributed by atoms with Crippen LogP contribution in [-0.4, -0.2) is 5.78 Å². The van der Waals surface area contributed by atoms with Crippen molar-refractivity contribution in [1.82, 2.24) is 0 Å². The lowest BCUT2D eigenvalue weighted by atomic mass is 10.0. The Morgan fingerprint density at radius 3 is 2.33 bits per heavy atom. The van der Waals surface area contributed by atoms with E-state index in [2.05, 4.69) is 0 Å². The number of Topliss-reactive ketones (excluding diaryl/α,β-unsaturated/α-hetero) is 1. The van der Waals surface area contributed by atoms with Gasteiger partial charge in [-0.1, -0.05) is 6.07 Å². The molecular weight excluding hydrogens is 155 g/mol. The van der Waals surface area contributed by atoms with Gasteiger partial charge in [0.2, 0.25) is 0 Å². The number of carbonyl (C=O) groups excluding carboxylic acids is 1. The molecule has 0 aliphatic heterocycles. The summed E-state index contributed by atoms with van der Waals surface area (Å²) >= 11 is 0. The highest BCUT2D eigenvalue weighted by atomic mass is 19.1. The normalized spacial score (nSPS) is 10.0. The highest BCUT2D eigenvalue weighted by molar-refractivity contribution is 5.95. The fraction of sp³-hybridized carbons (Fsp3) is 0.300. The number of ketones is 1. The zero-order valence-electron chi connectivity index (χ0n) is 7.44. The summed E-state index contributed by atoms with van der Waals surface area (Å²) in [7, 11) is 0. The summed E-state index contributed by atoms with van der Waals surface area (Å²) in [5.41, 5.74) is 1.89. The average Bonchev–Trinajstić information content (AvgIpc) is 1.96. The molecule has 2 heteroatoms. The molecule has 0 unspecified atom stereocenters. The first kappa shape index (κ1) is 8.91. The van der Waals surface area contributed by atoms with Crippen LogP contribution in [0.2, 0.25) is 0 Å². The maximum Gasteiger partial charge on any atom is 0.160 e. The van der Waals surface area contributed by atoms with Crippen LogP contribution < -0.4 is 0 Å². The Labute approximate surface area is 71.2 Å². The number of aryl methyl sites for hydroxylation is 2. The van der Waals surface area contributed by atoms with Crippen molar-refractivity contribution in [2.45, 2.75) is 20.8 Å². The minimum Gasteiger partial charge on any atom is -0.294 e. The average molecular weight is 166 g/mol. The Morgan fingerprint density at radius 1 is 1.25 bits per heavy atom. The van der Waals surface area contributed by atoms with Crippen molar-refractivity contribution >= 4 is 5.78 Å². The predicted octanol–water partition coefficient (Wildman–Crippen LogP) is 2.65. The summed E-state index contributed by atoms with van der Waals surface area (Å²) < 4.78 is 13.0. The van der Waals surface area contributed by atoms with E-state index in [1.54, 1.807) is 13.0 Å². The second kappa shape index (κ2) is 3.05. The topological polar surface area (TPSA) is 17.1 Å².